The molecule has 0 atom stereocenters. The highest BCUT2D eigenvalue weighted by Crippen LogP contribution is 2.14. The number of amides is 2. The van der Waals surface area contributed by atoms with Crippen LogP contribution in [0, 0.1) is 13.8 Å². The molecule has 0 fully saturated rings. The average molecular weight is 348 g/mol. The summed E-state index contributed by atoms with van der Waals surface area (Å²) >= 11 is 0. The standard InChI is InChI=1S/C20H20N4O2/c1-13-6-4-8-15(10-13)21-19(25)17-12-18(24(3)23-17)20(26)22-16-9-5-7-14(2)11-16/h4-12H,1-3H3,(H,21,25)(H,22,26). The fourth-order valence-corrected chi connectivity index (χ4v) is 2.63. The van der Waals surface area contributed by atoms with Crippen LogP contribution in [-0.4, -0.2) is 21.6 Å². The maximum Gasteiger partial charge on any atom is 0.276 e. The zero-order valence-corrected chi connectivity index (χ0v) is 14.9. The van der Waals surface area contributed by atoms with Crippen molar-refractivity contribution in [3.63, 3.8) is 0 Å². The van der Waals surface area contributed by atoms with E-state index >= 15 is 0 Å². The molecule has 6 heteroatoms. The van der Waals surface area contributed by atoms with Crippen molar-refractivity contribution in [1.29, 1.82) is 0 Å². The molecule has 0 radical (unpaired) electrons. The van der Waals surface area contributed by atoms with Gasteiger partial charge in [-0.05, 0) is 49.2 Å². The molecule has 0 bridgehead atoms. The molecule has 3 rings (SSSR count). The zero-order chi connectivity index (χ0) is 18.7. The number of rotatable bonds is 4. The van der Waals surface area contributed by atoms with Crippen molar-refractivity contribution in [3.05, 3.63) is 77.1 Å². The highest BCUT2D eigenvalue weighted by atomic mass is 16.2. The minimum Gasteiger partial charge on any atom is -0.321 e. The van der Waals surface area contributed by atoms with Gasteiger partial charge < -0.3 is 10.6 Å². The quantitative estimate of drug-likeness (QED) is 0.757. The van der Waals surface area contributed by atoms with Gasteiger partial charge >= 0.3 is 0 Å². The van der Waals surface area contributed by atoms with Gasteiger partial charge in [0.05, 0.1) is 0 Å². The summed E-state index contributed by atoms with van der Waals surface area (Å²) in [4.78, 5) is 24.9. The van der Waals surface area contributed by atoms with Gasteiger partial charge in [0, 0.05) is 24.5 Å². The van der Waals surface area contributed by atoms with Gasteiger partial charge in [-0.25, -0.2) is 0 Å². The lowest BCUT2D eigenvalue weighted by molar-refractivity contribution is 0.101. The zero-order valence-electron chi connectivity index (χ0n) is 14.9. The van der Waals surface area contributed by atoms with Crippen LogP contribution in [0.2, 0.25) is 0 Å². The largest absolute Gasteiger partial charge is 0.321 e. The molecule has 2 N–H and O–H groups in total. The third kappa shape index (κ3) is 3.97. The first-order valence-electron chi connectivity index (χ1n) is 8.22. The number of hydrogen-bond donors (Lipinski definition) is 2. The summed E-state index contributed by atoms with van der Waals surface area (Å²) in [5.74, 6) is -0.680. The number of anilines is 2. The number of carbonyl (C=O) groups is 2. The van der Waals surface area contributed by atoms with Crippen molar-refractivity contribution >= 4 is 23.2 Å². The van der Waals surface area contributed by atoms with E-state index in [0.29, 0.717) is 17.1 Å². The van der Waals surface area contributed by atoms with Crippen LogP contribution in [0.4, 0.5) is 11.4 Å². The van der Waals surface area contributed by atoms with Crippen molar-refractivity contribution < 1.29 is 9.59 Å². The number of carbonyl (C=O) groups excluding carboxylic acids is 2. The SMILES string of the molecule is Cc1cccc(NC(=O)c2cc(C(=O)Nc3cccc(C)c3)n(C)n2)c1. The monoisotopic (exact) mass is 348 g/mol. The molecule has 2 amide bonds. The molecule has 0 aliphatic rings. The van der Waals surface area contributed by atoms with Gasteiger partial charge in [-0.15, -0.1) is 0 Å². The van der Waals surface area contributed by atoms with Gasteiger partial charge in [0.1, 0.15) is 5.69 Å². The highest BCUT2D eigenvalue weighted by molar-refractivity contribution is 6.07. The molecule has 1 heterocycles. The minimum absolute atomic E-state index is 0.184. The summed E-state index contributed by atoms with van der Waals surface area (Å²) in [5, 5.41) is 9.76. The Morgan fingerprint density at radius 3 is 1.92 bits per heavy atom. The first-order chi connectivity index (χ1) is 12.4. The van der Waals surface area contributed by atoms with E-state index in [0.717, 1.165) is 11.1 Å². The molecule has 0 saturated heterocycles. The lowest BCUT2D eigenvalue weighted by Gasteiger charge is -2.05. The van der Waals surface area contributed by atoms with E-state index < -0.39 is 0 Å². The lowest BCUT2D eigenvalue weighted by atomic mass is 10.2. The van der Waals surface area contributed by atoms with Gasteiger partial charge in [0.2, 0.25) is 0 Å². The van der Waals surface area contributed by atoms with E-state index in [2.05, 4.69) is 15.7 Å². The van der Waals surface area contributed by atoms with E-state index in [4.69, 9.17) is 0 Å². The first kappa shape index (κ1) is 17.4. The number of nitrogens with zero attached hydrogens (tertiary/aromatic N) is 2. The van der Waals surface area contributed by atoms with Crippen molar-refractivity contribution in [2.24, 2.45) is 7.05 Å². The Morgan fingerprint density at radius 2 is 1.38 bits per heavy atom. The molecule has 0 aliphatic carbocycles. The smallest absolute Gasteiger partial charge is 0.276 e. The van der Waals surface area contributed by atoms with Crippen LogP contribution in [0.5, 0.6) is 0 Å². The summed E-state index contributed by atoms with van der Waals surface area (Å²) in [5.41, 5.74) is 3.96. The fraction of sp³-hybridized carbons (Fsp3) is 0.150. The number of aryl methyl sites for hydroxylation is 3. The molecule has 3 aromatic rings. The summed E-state index contributed by atoms with van der Waals surface area (Å²) in [6.07, 6.45) is 0. The third-order valence-corrected chi connectivity index (χ3v) is 3.90. The molecular weight excluding hydrogens is 328 g/mol. The van der Waals surface area contributed by atoms with Crippen LogP contribution in [0.1, 0.15) is 32.1 Å². The Kier molecular flexibility index (Phi) is 4.84. The van der Waals surface area contributed by atoms with Gasteiger partial charge in [-0.2, -0.15) is 5.10 Å². The molecule has 0 spiro atoms. The van der Waals surface area contributed by atoms with Gasteiger partial charge in [0.25, 0.3) is 11.8 Å². The molecule has 26 heavy (non-hydrogen) atoms. The maximum atomic E-state index is 12.5. The fourth-order valence-electron chi connectivity index (χ4n) is 2.63. The maximum absolute atomic E-state index is 12.5. The molecule has 0 aliphatic heterocycles. The van der Waals surface area contributed by atoms with E-state index in [1.807, 2.05) is 56.3 Å². The van der Waals surface area contributed by atoms with E-state index in [1.54, 1.807) is 13.1 Å². The highest BCUT2D eigenvalue weighted by Gasteiger charge is 2.18. The average Bonchev–Trinajstić information content (AvgIpc) is 2.97. The van der Waals surface area contributed by atoms with Crippen molar-refractivity contribution in [2.75, 3.05) is 10.6 Å². The minimum atomic E-state index is -0.360. The van der Waals surface area contributed by atoms with Crippen LogP contribution >= 0.6 is 0 Å². The van der Waals surface area contributed by atoms with Gasteiger partial charge in [0.15, 0.2) is 5.69 Å². The summed E-state index contributed by atoms with van der Waals surface area (Å²) < 4.78 is 1.40. The lowest BCUT2D eigenvalue weighted by Crippen LogP contribution is -2.16. The van der Waals surface area contributed by atoms with Crippen molar-refractivity contribution in [1.82, 2.24) is 9.78 Å². The van der Waals surface area contributed by atoms with Crippen LogP contribution in [0.3, 0.4) is 0 Å². The summed E-state index contributed by atoms with van der Waals surface area (Å²) in [7, 11) is 1.63. The summed E-state index contributed by atoms with van der Waals surface area (Å²) in [6.45, 7) is 3.90. The second-order valence-corrected chi connectivity index (χ2v) is 6.19. The topological polar surface area (TPSA) is 76.0 Å². The second-order valence-electron chi connectivity index (χ2n) is 6.19. The van der Waals surface area contributed by atoms with Gasteiger partial charge in [-0.1, -0.05) is 24.3 Å². The van der Waals surface area contributed by atoms with Crippen LogP contribution in [-0.2, 0) is 7.05 Å². The number of nitrogens with one attached hydrogen (secondary N) is 2. The van der Waals surface area contributed by atoms with Crippen LogP contribution in [0.15, 0.2) is 54.6 Å². The summed E-state index contributed by atoms with van der Waals surface area (Å²) in [6, 6.07) is 16.5. The Balaban J connectivity index is 1.75. The van der Waals surface area contributed by atoms with Crippen LogP contribution in [0.25, 0.3) is 0 Å². The molecule has 1 aromatic heterocycles. The van der Waals surface area contributed by atoms with Crippen molar-refractivity contribution in [2.45, 2.75) is 13.8 Å². The van der Waals surface area contributed by atoms with Gasteiger partial charge in [-0.3, -0.25) is 14.3 Å². The van der Waals surface area contributed by atoms with E-state index in [1.165, 1.54) is 10.7 Å². The second kappa shape index (κ2) is 7.23. The van der Waals surface area contributed by atoms with Crippen LogP contribution < -0.4 is 10.6 Å². The number of hydrogen-bond acceptors (Lipinski definition) is 3. The van der Waals surface area contributed by atoms with E-state index in [-0.39, 0.29) is 17.5 Å². The molecule has 6 nitrogen and oxygen atoms in total. The van der Waals surface area contributed by atoms with Crippen molar-refractivity contribution in [3.8, 4) is 0 Å². The Labute approximate surface area is 151 Å². The Bertz CT molecular complexity index is 975. The molecule has 0 unspecified atom stereocenters. The molecular formula is C20H20N4O2. The van der Waals surface area contributed by atoms with E-state index in [9.17, 15) is 9.59 Å². The molecule has 132 valence electrons. The molecule has 2 aromatic carbocycles. The first-order valence-corrected chi connectivity index (χ1v) is 8.22. The molecule has 0 saturated carbocycles. The third-order valence-electron chi connectivity index (χ3n) is 3.90. The number of aromatic nitrogens is 2. The number of benzene rings is 2. The Morgan fingerprint density at radius 1 is 0.846 bits per heavy atom. The normalized spacial score (nSPS) is 10.4. The Hall–Kier alpha value is -3.41. The predicted octanol–water partition coefficient (Wildman–Crippen LogP) is 3.54. The predicted molar refractivity (Wildman–Crippen MR) is 101 cm³/mol.